The molecule has 0 spiro atoms. The molecule has 2 aromatic carbocycles. The highest BCUT2D eigenvalue weighted by Gasteiger charge is 2.25. The molecule has 9 heteroatoms. The molecule has 0 aliphatic carbocycles. The predicted molar refractivity (Wildman–Crippen MR) is 109 cm³/mol. The van der Waals surface area contributed by atoms with E-state index in [-0.39, 0.29) is 11.3 Å². The number of carbonyl (C=O) groups is 1. The van der Waals surface area contributed by atoms with E-state index in [4.69, 9.17) is 11.6 Å². The number of hydrogen-bond acceptors (Lipinski definition) is 5. The molecule has 0 saturated heterocycles. The Morgan fingerprint density at radius 1 is 1.25 bits per heavy atom. The summed E-state index contributed by atoms with van der Waals surface area (Å²) in [7, 11) is 0. The Bertz CT molecular complexity index is 1100. The molecule has 3 aromatic rings. The van der Waals surface area contributed by atoms with Gasteiger partial charge in [-0.1, -0.05) is 17.7 Å². The van der Waals surface area contributed by atoms with E-state index in [0.29, 0.717) is 16.4 Å². The van der Waals surface area contributed by atoms with Crippen LogP contribution in [0.4, 0.5) is 11.5 Å². The third kappa shape index (κ3) is 3.36. The number of rotatable bonds is 4. The number of thioether (sulfide) groups is 1. The topological polar surface area (TPSA) is 90.1 Å². The number of aryl methyl sites for hydroxylation is 1. The minimum absolute atomic E-state index is 0.0837. The number of benzene rings is 2. The maximum Gasteiger partial charge on any atom is 0.273 e. The maximum absolute atomic E-state index is 12.8. The highest BCUT2D eigenvalue weighted by molar-refractivity contribution is 7.98. The lowest BCUT2D eigenvalue weighted by atomic mass is 10.1. The van der Waals surface area contributed by atoms with Gasteiger partial charge in [0.2, 0.25) is 0 Å². The minimum atomic E-state index is -0.488. The number of nitrogens with one attached hydrogen (secondary N) is 1. The van der Waals surface area contributed by atoms with Crippen LogP contribution in [0, 0.1) is 17.0 Å². The summed E-state index contributed by atoms with van der Waals surface area (Å²) in [4.78, 5) is 23.5. The van der Waals surface area contributed by atoms with Crippen molar-refractivity contribution in [2.24, 2.45) is 0 Å². The zero-order chi connectivity index (χ0) is 19.8. The Morgan fingerprint density at radius 2 is 2.00 bits per heavy atom. The van der Waals surface area contributed by atoms with Crippen LogP contribution in [0.25, 0.3) is 5.69 Å². The van der Waals surface area contributed by atoms with Crippen molar-refractivity contribution >= 4 is 40.8 Å². The largest absolute Gasteiger partial charge is 0.306 e. The molecule has 142 valence electrons. The number of carbonyl (C=O) groups excluding carboxylic acids is 1. The third-order valence-electron chi connectivity index (χ3n) is 4.52. The Morgan fingerprint density at radius 3 is 2.71 bits per heavy atom. The van der Waals surface area contributed by atoms with Crippen molar-refractivity contribution in [1.82, 2.24) is 9.78 Å². The number of fused-ring (bicyclic) bond motifs is 1. The number of halogens is 1. The Balaban J connectivity index is 1.72. The average molecular weight is 415 g/mol. The summed E-state index contributed by atoms with van der Waals surface area (Å²) in [5, 5.41) is 19.3. The summed E-state index contributed by atoms with van der Waals surface area (Å²) in [6, 6.07) is 11.6. The predicted octanol–water partition coefficient (Wildman–Crippen LogP) is 4.74. The molecule has 0 atom stereocenters. The summed E-state index contributed by atoms with van der Waals surface area (Å²) < 4.78 is 1.68. The summed E-state index contributed by atoms with van der Waals surface area (Å²) in [5.74, 6) is 1.68. The van der Waals surface area contributed by atoms with Gasteiger partial charge in [0.1, 0.15) is 5.82 Å². The van der Waals surface area contributed by atoms with Crippen LogP contribution in [-0.2, 0) is 11.5 Å². The minimum Gasteiger partial charge on any atom is -0.306 e. The summed E-state index contributed by atoms with van der Waals surface area (Å²) in [5.41, 5.74) is 3.30. The molecule has 28 heavy (non-hydrogen) atoms. The first-order valence-corrected chi connectivity index (χ1v) is 9.98. The Kier molecular flexibility index (Phi) is 4.82. The Labute approximate surface area is 169 Å². The molecular formula is C19H15ClN4O3S. The van der Waals surface area contributed by atoms with Gasteiger partial charge < -0.3 is 5.32 Å². The fraction of sp³-hybridized carbons (Fsp3) is 0.158. The van der Waals surface area contributed by atoms with E-state index in [0.717, 1.165) is 28.5 Å². The first-order valence-electron chi connectivity index (χ1n) is 8.45. The molecule has 0 fully saturated rings. The van der Waals surface area contributed by atoms with Gasteiger partial charge in [-0.15, -0.1) is 0 Å². The molecule has 1 aliphatic heterocycles. The van der Waals surface area contributed by atoms with E-state index in [9.17, 15) is 14.9 Å². The van der Waals surface area contributed by atoms with Gasteiger partial charge in [0, 0.05) is 39.3 Å². The van der Waals surface area contributed by atoms with Crippen molar-refractivity contribution in [2.75, 3.05) is 5.32 Å². The molecule has 1 aromatic heterocycles. The van der Waals surface area contributed by atoms with Crippen molar-refractivity contribution in [3.63, 3.8) is 0 Å². The van der Waals surface area contributed by atoms with E-state index < -0.39 is 10.8 Å². The van der Waals surface area contributed by atoms with Gasteiger partial charge in [-0.2, -0.15) is 16.9 Å². The number of hydrogen-bond donors (Lipinski definition) is 1. The van der Waals surface area contributed by atoms with Crippen LogP contribution in [0.1, 0.15) is 27.2 Å². The number of amides is 1. The quantitative estimate of drug-likeness (QED) is 0.491. The molecule has 2 heterocycles. The van der Waals surface area contributed by atoms with E-state index in [1.807, 2.05) is 12.1 Å². The third-order valence-corrected chi connectivity index (χ3v) is 5.75. The van der Waals surface area contributed by atoms with Gasteiger partial charge in [0.25, 0.3) is 11.6 Å². The van der Waals surface area contributed by atoms with E-state index >= 15 is 0 Å². The van der Waals surface area contributed by atoms with Crippen LogP contribution in [0.2, 0.25) is 5.02 Å². The van der Waals surface area contributed by atoms with Crippen molar-refractivity contribution in [3.05, 3.63) is 80.0 Å². The smallest absolute Gasteiger partial charge is 0.273 e. The second kappa shape index (κ2) is 7.29. The lowest BCUT2D eigenvalue weighted by Crippen LogP contribution is -2.16. The zero-order valence-corrected chi connectivity index (χ0v) is 16.4. The number of anilines is 1. The molecular weight excluding hydrogens is 400 g/mol. The van der Waals surface area contributed by atoms with Crippen molar-refractivity contribution in [3.8, 4) is 5.69 Å². The number of nitro benzene ring substituents is 1. The number of aromatic nitrogens is 2. The maximum atomic E-state index is 12.8. The van der Waals surface area contributed by atoms with Crippen LogP contribution in [0.5, 0.6) is 0 Å². The molecule has 0 unspecified atom stereocenters. The van der Waals surface area contributed by atoms with Crippen molar-refractivity contribution < 1.29 is 9.72 Å². The van der Waals surface area contributed by atoms with Gasteiger partial charge in [0.05, 0.1) is 16.3 Å². The molecule has 0 radical (unpaired) electrons. The average Bonchev–Trinajstić information content (AvgIpc) is 3.25. The van der Waals surface area contributed by atoms with Gasteiger partial charge in [-0.3, -0.25) is 14.9 Å². The fourth-order valence-corrected chi connectivity index (χ4v) is 4.20. The molecule has 0 saturated carbocycles. The van der Waals surface area contributed by atoms with Crippen molar-refractivity contribution in [1.29, 1.82) is 0 Å². The van der Waals surface area contributed by atoms with E-state index in [2.05, 4.69) is 10.4 Å². The van der Waals surface area contributed by atoms with Crippen LogP contribution in [0.15, 0.2) is 42.5 Å². The summed E-state index contributed by atoms with van der Waals surface area (Å²) >= 11 is 7.70. The first-order chi connectivity index (χ1) is 13.4. The van der Waals surface area contributed by atoms with E-state index in [1.54, 1.807) is 47.6 Å². The second-order valence-corrected chi connectivity index (χ2v) is 7.79. The molecule has 4 rings (SSSR count). The number of nitrogens with zero attached hydrogens (tertiary/aromatic N) is 3. The van der Waals surface area contributed by atoms with Gasteiger partial charge >= 0.3 is 0 Å². The van der Waals surface area contributed by atoms with Gasteiger partial charge in [0.15, 0.2) is 0 Å². The van der Waals surface area contributed by atoms with Gasteiger partial charge in [-0.05, 0) is 37.3 Å². The zero-order valence-electron chi connectivity index (χ0n) is 14.8. The first kappa shape index (κ1) is 18.5. The highest BCUT2D eigenvalue weighted by Crippen LogP contribution is 2.36. The second-order valence-electron chi connectivity index (χ2n) is 6.37. The van der Waals surface area contributed by atoms with E-state index in [1.165, 1.54) is 6.07 Å². The monoisotopic (exact) mass is 414 g/mol. The molecule has 0 bridgehead atoms. The highest BCUT2D eigenvalue weighted by atomic mass is 35.5. The molecule has 1 amide bonds. The summed E-state index contributed by atoms with van der Waals surface area (Å²) in [6.07, 6.45) is 0. The van der Waals surface area contributed by atoms with Crippen LogP contribution in [0.3, 0.4) is 0 Å². The lowest BCUT2D eigenvalue weighted by molar-refractivity contribution is -0.385. The Hall–Kier alpha value is -2.84. The van der Waals surface area contributed by atoms with Crippen molar-refractivity contribution in [2.45, 2.75) is 18.4 Å². The van der Waals surface area contributed by atoms with Crippen LogP contribution < -0.4 is 5.32 Å². The summed E-state index contributed by atoms with van der Waals surface area (Å²) in [6.45, 7) is 1.64. The fourth-order valence-electron chi connectivity index (χ4n) is 3.04. The SMILES string of the molecule is Cc1ccc(C(=O)Nc2c3c(nn2-c2ccc(Cl)cc2)CSC3)cc1[N+](=O)[O-]. The molecule has 7 nitrogen and oxygen atoms in total. The van der Waals surface area contributed by atoms with Crippen LogP contribution in [-0.4, -0.2) is 20.6 Å². The molecule has 1 aliphatic rings. The standard InChI is InChI=1S/C19H15ClN4O3S/c1-11-2-3-12(8-17(11)24(26)27)19(25)21-18-15-9-28-10-16(15)22-23(18)14-6-4-13(20)5-7-14/h2-8H,9-10H2,1H3,(H,21,25). The normalized spacial score (nSPS) is 12.6. The lowest BCUT2D eigenvalue weighted by Gasteiger charge is -2.11. The molecule has 1 N–H and O–H groups in total. The van der Waals surface area contributed by atoms with Gasteiger partial charge in [-0.25, -0.2) is 4.68 Å². The van der Waals surface area contributed by atoms with Crippen LogP contribution >= 0.6 is 23.4 Å². The number of nitro groups is 1.